The molecule has 0 bridgehead atoms. The van der Waals surface area contributed by atoms with Crippen LogP contribution in [0.5, 0.6) is 0 Å². The Hall–Kier alpha value is -3.18. The highest BCUT2D eigenvalue weighted by Crippen LogP contribution is 2.42. The highest BCUT2D eigenvalue weighted by Gasteiger charge is 2.43. The zero-order chi connectivity index (χ0) is 21.1. The molecule has 154 valence electrons. The summed E-state index contributed by atoms with van der Waals surface area (Å²) in [6, 6.07) is 20.4. The van der Waals surface area contributed by atoms with Gasteiger partial charge >= 0.3 is 5.97 Å². The molecule has 1 aliphatic heterocycles. The van der Waals surface area contributed by atoms with Crippen LogP contribution in [0, 0.1) is 0 Å². The predicted octanol–water partition coefficient (Wildman–Crippen LogP) is 4.19. The number of benzene rings is 2. The highest BCUT2D eigenvalue weighted by molar-refractivity contribution is 5.88. The number of aromatic nitrogens is 1. The van der Waals surface area contributed by atoms with Crippen LogP contribution < -0.4 is 5.32 Å². The second-order valence-electron chi connectivity index (χ2n) is 7.79. The number of carboxylic acid groups (broad SMARTS) is 1. The fraction of sp³-hybridized carbons (Fsp3) is 0.280. The van der Waals surface area contributed by atoms with Gasteiger partial charge in [0.15, 0.2) is 0 Å². The van der Waals surface area contributed by atoms with Crippen LogP contribution >= 0.6 is 0 Å². The second kappa shape index (κ2) is 8.28. The van der Waals surface area contributed by atoms with Gasteiger partial charge in [0.25, 0.3) is 0 Å². The van der Waals surface area contributed by atoms with E-state index in [1.165, 1.54) is 34.5 Å². The Labute approximate surface area is 177 Å². The fourth-order valence-corrected chi connectivity index (χ4v) is 4.61. The van der Waals surface area contributed by atoms with E-state index in [0.29, 0.717) is 12.4 Å². The quantitative estimate of drug-likeness (QED) is 0.649. The molecule has 1 atom stereocenters. The molecule has 0 aliphatic carbocycles. The van der Waals surface area contributed by atoms with E-state index < -0.39 is 5.97 Å². The molecule has 2 aromatic carbocycles. The van der Waals surface area contributed by atoms with Crippen molar-refractivity contribution in [2.45, 2.75) is 25.3 Å². The molecule has 2 heterocycles. The predicted molar refractivity (Wildman–Crippen MR) is 119 cm³/mol. The number of likely N-dealkylation sites (N-methyl/N-ethyl adjacent to an activating group) is 1. The molecule has 2 N–H and O–H groups in total. The van der Waals surface area contributed by atoms with Crippen molar-refractivity contribution in [1.29, 1.82) is 0 Å². The first kappa shape index (κ1) is 20.1. The molecule has 0 spiro atoms. The molecule has 1 aromatic heterocycles. The van der Waals surface area contributed by atoms with E-state index in [9.17, 15) is 9.90 Å². The average Bonchev–Trinajstić information content (AvgIpc) is 2.79. The number of pyridine rings is 1. The fourth-order valence-electron chi connectivity index (χ4n) is 4.61. The molecular formula is C25H27N3O2. The normalized spacial score (nSPS) is 18.6. The maximum atomic E-state index is 11.4. The Morgan fingerprint density at radius 3 is 2.63 bits per heavy atom. The van der Waals surface area contributed by atoms with E-state index in [1.54, 1.807) is 6.07 Å². The summed E-state index contributed by atoms with van der Waals surface area (Å²) in [7, 11) is 2.17. The molecule has 3 aromatic rings. The first-order valence-corrected chi connectivity index (χ1v) is 10.4. The molecule has 0 fully saturated rings. The van der Waals surface area contributed by atoms with Gasteiger partial charge in [-0.3, -0.25) is 4.90 Å². The SMILES string of the molecule is CCc1ccccc1C1(CNc2cc(C(=O)O)ccn2)c2ccccc2CCN1C. The van der Waals surface area contributed by atoms with E-state index in [4.69, 9.17) is 0 Å². The van der Waals surface area contributed by atoms with Crippen LogP contribution in [0.15, 0.2) is 66.9 Å². The molecule has 0 saturated carbocycles. The molecule has 1 unspecified atom stereocenters. The maximum absolute atomic E-state index is 11.4. The zero-order valence-electron chi connectivity index (χ0n) is 17.4. The number of aryl methyl sites for hydroxylation is 1. The van der Waals surface area contributed by atoms with Gasteiger partial charge in [0.05, 0.1) is 11.1 Å². The molecule has 0 amide bonds. The molecule has 5 nitrogen and oxygen atoms in total. The average molecular weight is 402 g/mol. The van der Waals surface area contributed by atoms with Crippen molar-refractivity contribution in [2.24, 2.45) is 0 Å². The number of anilines is 1. The van der Waals surface area contributed by atoms with Gasteiger partial charge in [-0.2, -0.15) is 0 Å². The minimum Gasteiger partial charge on any atom is -0.478 e. The zero-order valence-corrected chi connectivity index (χ0v) is 17.4. The summed E-state index contributed by atoms with van der Waals surface area (Å²) < 4.78 is 0. The van der Waals surface area contributed by atoms with Crippen LogP contribution in [0.3, 0.4) is 0 Å². The van der Waals surface area contributed by atoms with E-state index in [0.717, 1.165) is 19.4 Å². The van der Waals surface area contributed by atoms with Gasteiger partial charge in [-0.15, -0.1) is 0 Å². The topological polar surface area (TPSA) is 65.5 Å². The largest absolute Gasteiger partial charge is 0.478 e. The van der Waals surface area contributed by atoms with E-state index in [2.05, 4.69) is 77.7 Å². The van der Waals surface area contributed by atoms with Gasteiger partial charge in [-0.05, 0) is 54.3 Å². The number of carbonyl (C=O) groups is 1. The van der Waals surface area contributed by atoms with Crippen molar-refractivity contribution >= 4 is 11.8 Å². The first-order chi connectivity index (χ1) is 14.6. The van der Waals surface area contributed by atoms with E-state index in [-0.39, 0.29) is 11.1 Å². The Morgan fingerprint density at radius 1 is 1.13 bits per heavy atom. The number of fused-ring (bicyclic) bond motifs is 1. The van der Waals surface area contributed by atoms with Crippen molar-refractivity contribution in [3.8, 4) is 0 Å². The van der Waals surface area contributed by atoms with Crippen molar-refractivity contribution in [2.75, 3.05) is 25.5 Å². The third-order valence-electron chi connectivity index (χ3n) is 6.21. The highest BCUT2D eigenvalue weighted by atomic mass is 16.4. The lowest BCUT2D eigenvalue weighted by Crippen LogP contribution is -2.54. The minimum absolute atomic E-state index is 0.230. The third kappa shape index (κ3) is 3.46. The van der Waals surface area contributed by atoms with Gasteiger partial charge in [-0.25, -0.2) is 9.78 Å². The van der Waals surface area contributed by atoms with Crippen LogP contribution in [0.4, 0.5) is 5.82 Å². The minimum atomic E-state index is -0.952. The van der Waals surface area contributed by atoms with Gasteiger partial charge in [0, 0.05) is 19.3 Å². The number of nitrogens with zero attached hydrogens (tertiary/aromatic N) is 2. The smallest absolute Gasteiger partial charge is 0.335 e. The number of hydrogen-bond donors (Lipinski definition) is 2. The molecule has 30 heavy (non-hydrogen) atoms. The molecule has 4 rings (SSSR count). The molecule has 1 aliphatic rings. The Balaban J connectivity index is 1.83. The summed E-state index contributed by atoms with van der Waals surface area (Å²) in [5.41, 5.74) is 5.10. The summed E-state index contributed by atoms with van der Waals surface area (Å²) in [6.45, 7) is 3.72. The van der Waals surface area contributed by atoms with Crippen LogP contribution in [0.2, 0.25) is 0 Å². The number of rotatable bonds is 6. The van der Waals surface area contributed by atoms with Crippen molar-refractivity contribution < 1.29 is 9.90 Å². The summed E-state index contributed by atoms with van der Waals surface area (Å²) in [5.74, 6) is -0.383. The summed E-state index contributed by atoms with van der Waals surface area (Å²) >= 11 is 0. The Kier molecular flexibility index (Phi) is 5.55. The number of hydrogen-bond acceptors (Lipinski definition) is 4. The van der Waals surface area contributed by atoms with Crippen LogP contribution in [0.25, 0.3) is 0 Å². The standard InChI is InChI=1S/C25H27N3O2/c1-3-18-8-4-6-10-21(18)25(17-27-23-16-20(24(29)30)12-14-26-23)22-11-7-5-9-19(22)13-15-28(25)2/h4-12,14,16H,3,13,15,17H2,1-2H3,(H,26,27)(H,29,30). The first-order valence-electron chi connectivity index (χ1n) is 10.4. The lowest BCUT2D eigenvalue weighted by Gasteiger charge is -2.48. The molecule has 5 heteroatoms. The maximum Gasteiger partial charge on any atom is 0.335 e. The third-order valence-corrected chi connectivity index (χ3v) is 6.21. The van der Waals surface area contributed by atoms with E-state index in [1.807, 2.05) is 0 Å². The van der Waals surface area contributed by atoms with Gasteiger partial charge in [0.2, 0.25) is 0 Å². The number of carboxylic acids is 1. The summed E-state index contributed by atoms with van der Waals surface area (Å²) in [6.07, 6.45) is 3.49. The lowest BCUT2D eigenvalue weighted by molar-refractivity contribution is 0.0697. The summed E-state index contributed by atoms with van der Waals surface area (Å²) in [4.78, 5) is 18.2. The van der Waals surface area contributed by atoms with Gasteiger partial charge in [-0.1, -0.05) is 55.5 Å². The van der Waals surface area contributed by atoms with Crippen LogP contribution in [-0.2, 0) is 18.4 Å². The monoisotopic (exact) mass is 401 g/mol. The van der Waals surface area contributed by atoms with Crippen molar-refractivity contribution in [3.63, 3.8) is 0 Å². The van der Waals surface area contributed by atoms with Crippen LogP contribution in [0.1, 0.15) is 39.5 Å². The Morgan fingerprint density at radius 2 is 1.87 bits per heavy atom. The van der Waals surface area contributed by atoms with Gasteiger partial charge < -0.3 is 10.4 Å². The molecular weight excluding hydrogens is 374 g/mol. The van der Waals surface area contributed by atoms with E-state index >= 15 is 0 Å². The summed E-state index contributed by atoms with van der Waals surface area (Å²) in [5, 5.41) is 12.8. The number of aromatic carboxylic acids is 1. The molecule has 0 saturated heterocycles. The lowest BCUT2D eigenvalue weighted by atomic mass is 9.74. The molecule has 0 radical (unpaired) electrons. The van der Waals surface area contributed by atoms with Crippen LogP contribution in [-0.4, -0.2) is 41.1 Å². The van der Waals surface area contributed by atoms with Crippen molar-refractivity contribution in [3.05, 3.63) is 94.7 Å². The van der Waals surface area contributed by atoms with Crippen molar-refractivity contribution in [1.82, 2.24) is 9.88 Å². The Bertz CT molecular complexity index is 1070. The number of nitrogens with one attached hydrogen (secondary N) is 1. The van der Waals surface area contributed by atoms with Gasteiger partial charge in [0.1, 0.15) is 5.82 Å². The second-order valence-corrected chi connectivity index (χ2v) is 7.79.